The number of nitrogens with zero attached hydrogens (tertiary/aromatic N) is 1. The molecular formula is C17H30N2O6PS3Si+. The molecule has 8 nitrogen and oxygen atoms in total. The second-order valence-corrected chi connectivity index (χ2v) is 24.8. The van der Waals surface area contributed by atoms with E-state index in [-0.39, 0.29) is 11.6 Å². The van der Waals surface area contributed by atoms with Gasteiger partial charge in [-0.1, -0.05) is 20.8 Å². The van der Waals surface area contributed by atoms with E-state index < -0.39 is 49.2 Å². The first-order valence-corrected chi connectivity index (χ1v) is 18.7. The highest BCUT2D eigenvalue weighted by Crippen LogP contribution is 2.87. The van der Waals surface area contributed by atoms with Crippen molar-refractivity contribution in [2.75, 3.05) is 18.1 Å². The Morgan fingerprint density at radius 1 is 1.37 bits per heavy atom. The number of aromatic amines is 1. The first kappa shape index (κ1) is 24.9. The summed E-state index contributed by atoms with van der Waals surface area (Å²) in [4.78, 5) is 25.9. The quantitative estimate of drug-likeness (QED) is 0.303. The lowest BCUT2D eigenvalue weighted by Crippen LogP contribution is -2.50. The highest BCUT2D eigenvalue weighted by Gasteiger charge is 2.53. The van der Waals surface area contributed by atoms with Crippen LogP contribution in [0.4, 0.5) is 0 Å². The number of thiol groups is 1. The summed E-state index contributed by atoms with van der Waals surface area (Å²) in [5.74, 6) is 1.99. The van der Waals surface area contributed by atoms with E-state index in [1.54, 1.807) is 22.8 Å². The molecule has 2 aliphatic heterocycles. The highest BCUT2D eigenvalue weighted by molar-refractivity contribution is 9.15. The molecule has 0 aromatic carbocycles. The fourth-order valence-electron chi connectivity index (χ4n) is 2.96. The fourth-order valence-corrected chi connectivity index (χ4v) is 13.3. The van der Waals surface area contributed by atoms with Gasteiger partial charge in [0.1, 0.15) is 24.9 Å². The molecule has 2 aliphatic rings. The Bertz CT molecular complexity index is 870. The normalized spacial score (nSPS) is 29.4. The predicted octanol–water partition coefficient (Wildman–Crippen LogP) is 3.29. The van der Waals surface area contributed by atoms with Gasteiger partial charge in [-0.15, -0.1) is 0 Å². The summed E-state index contributed by atoms with van der Waals surface area (Å²) in [7, 11) is -2.25. The zero-order valence-electron chi connectivity index (χ0n) is 17.7. The van der Waals surface area contributed by atoms with Crippen LogP contribution in [0.1, 0.15) is 27.0 Å². The van der Waals surface area contributed by atoms with Crippen LogP contribution in [-0.4, -0.2) is 59.4 Å². The molecule has 3 rings (SSSR count). The maximum Gasteiger partial charge on any atom is 0.330 e. The van der Waals surface area contributed by atoms with Crippen LogP contribution >= 0.6 is 40.1 Å². The molecular weight excluding hydrogens is 483 g/mol. The third-order valence-electron chi connectivity index (χ3n) is 5.67. The molecule has 170 valence electrons. The largest absolute Gasteiger partial charge is 0.408 e. The Morgan fingerprint density at radius 3 is 2.57 bits per heavy atom. The van der Waals surface area contributed by atoms with Gasteiger partial charge < -0.3 is 14.3 Å². The van der Waals surface area contributed by atoms with Crippen LogP contribution in [0.2, 0.25) is 18.1 Å². The highest BCUT2D eigenvalue weighted by atomic mass is 33.4. The van der Waals surface area contributed by atoms with Crippen LogP contribution < -0.4 is 11.2 Å². The summed E-state index contributed by atoms with van der Waals surface area (Å²) in [5.41, 5.74) is -1.14. The topological polar surface area (TPSA) is 103 Å². The lowest BCUT2D eigenvalue weighted by Gasteiger charge is -2.39. The van der Waals surface area contributed by atoms with Crippen LogP contribution in [0, 0.1) is 0 Å². The number of nitrogens with one attached hydrogen (secondary N) is 1. The molecule has 0 saturated carbocycles. The summed E-state index contributed by atoms with van der Waals surface area (Å²) >= 11 is 8.17. The minimum atomic E-state index is -2.25. The molecule has 4 atom stereocenters. The molecule has 0 radical (unpaired) electrons. The zero-order valence-corrected chi connectivity index (χ0v) is 22.2. The standard InChI is InChI=1S/C17H29N2O6PS3Si/c1-17(2,3)30(4,5)25-14-11(10-23-26(27)28-8-9-29-26)24-15(13(14)21)19-7-6-12(20)18-16(19)22/h6-7,11,13-15,21,27H,8-10H2,1-5H3/p+1/t11-,13-,14-,15-/m1/s1. The molecule has 0 bridgehead atoms. The first-order chi connectivity index (χ1) is 13.8. The predicted molar refractivity (Wildman–Crippen MR) is 130 cm³/mol. The second kappa shape index (κ2) is 9.22. The smallest absolute Gasteiger partial charge is 0.330 e. The Labute approximate surface area is 191 Å². The van der Waals surface area contributed by atoms with Crippen molar-refractivity contribution in [3.63, 3.8) is 0 Å². The summed E-state index contributed by atoms with van der Waals surface area (Å²) < 4.78 is 19.9. The van der Waals surface area contributed by atoms with E-state index >= 15 is 0 Å². The molecule has 2 saturated heterocycles. The van der Waals surface area contributed by atoms with E-state index in [9.17, 15) is 14.7 Å². The number of aromatic nitrogens is 2. The van der Waals surface area contributed by atoms with Crippen molar-refractivity contribution in [2.24, 2.45) is 0 Å². The van der Waals surface area contributed by atoms with Gasteiger partial charge in [0, 0.05) is 23.8 Å². The van der Waals surface area contributed by atoms with Gasteiger partial charge in [-0.05, 0) is 18.1 Å². The SMILES string of the molecule is CC(C)(C)[Si](C)(C)O[C@H]1[C@@H](O)[C@H](n2ccc(=O)[nH]c2=O)O[C@@H]1CO[P+]1(S)SCCS1. The number of aliphatic hydroxyl groups excluding tert-OH is 1. The second-order valence-electron chi connectivity index (χ2n) is 8.85. The third-order valence-corrected chi connectivity index (χ3v) is 20.3. The summed E-state index contributed by atoms with van der Waals surface area (Å²) in [6.07, 6.45) is -1.96. The first-order valence-electron chi connectivity index (χ1n) is 9.71. The Morgan fingerprint density at radius 2 is 2.00 bits per heavy atom. The monoisotopic (exact) mass is 513 g/mol. The van der Waals surface area contributed by atoms with Crippen molar-refractivity contribution in [3.05, 3.63) is 33.1 Å². The molecule has 0 unspecified atom stereocenters. The zero-order chi connectivity index (χ0) is 22.3. The molecule has 13 heteroatoms. The van der Waals surface area contributed by atoms with Crippen molar-refractivity contribution < 1.29 is 18.8 Å². The van der Waals surface area contributed by atoms with Gasteiger partial charge >= 0.3 is 10.8 Å². The van der Waals surface area contributed by atoms with Crippen LogP contribution in [0.15, 0.2) is 21.9 Å². The minimum absolute atomic E-state index is 0.0695. The Kier molecular flexibility index (Phi) is 7.64. The Hall–Kier alpha value is 0.217. The van der Waals surface area contributed by atoms with Crippen molar-refractivity contribution in [1.29, 1.82) is 0 Å². The summed E-state index contributed by atoms with van der Waals surface area (Å²) in [5, 5.41) is 9.12. The average Bonchev–Trinajstić information content (AvgIpc) is 3.18. The van der Waals surface area contributed by atoms with Crippen molar-refractivity contribution in [3.8, 4) is 0 Å². The van der Waals surface area contributed by atoms with E-state index in [4.69, 9.17) is 25.9 Å². The number of hydrogen-bond donors (Lipinski definition) is 3. The number of H-pyrrole nitrogens is 1. The lowest BCUT2D eigenvalue weighted by atomic mass is 10.1. The molecule has 2 N–H and O–H groups in total. The Balaban J connectivity index is 1.86. The van der Waals surface area contributed by atoms with Gasteiger partial charge in [0.25, 0.3) is 5.56 Å². The molecule has 0 spiro atoms. The molecule has 2 fully saturated rings. The number of ether oxygens (including phenoxy) is 1. The van der Waals surface area contributed by atoms with Gasteiger partial charge in [-0.25, -0.2) is 4.79 Å². The average molecular weight is 514 g/mol. The molecule has 1 aromatic heterocycles. The van der Waals surface area contributed by atoms with Gasteiger partial charge in [-0.2, -0.15) is 4.52 Å². The molecule has 30 heavy (non-hydrogen) atoms. The van der Waals surface area contributed by atoms with Crippen molar-refractivity contribution >= 4 is 48.4 Å². The summed E-state index contributed by atoms with van der Waals surface area (Å²) in [6.45, 7) is 10.8. The summed E-state index contributed by atoms with van der Waals surface area (Å²) in [6, 6.07) is 1.23. The van der Waals surface area contributed by atoms with Gasteiger partial charge in [0.2, 0.25) is 0 Å². The number of rotatable bonds is 6. The lowest BCUT2D eigenvalue weighted by molar-refractivity contribution is -0.0499. The maximum absolute atomic E-state index is 12.3. The molecule has 0 amide bonds. The van der Waals surface area contributed by atoms with Crippen LogP contribution in [-0.2, 0) is 13.7 Å². The molecule has 1 aromatic rings. The van der Waals surface area contributed by atoms with Crippen LogP contribution in [0.25, 0.3) is 0 Å². The van der Waals surface area contributed by atoms with E-state index in [0.717, 1.165) is 11.5 Å². The molecule has 0 aliphatic carbocycles. The third kappa shape index (κ3) is 5.40. The van der Waals surface area contributed by atoms with E-state index in [0.29, 0.717) is 0 Å². The van der Waals surface area contributed by atoms with E-state index in [1.807, 2.05) is 0 Å². The van der Waals surface area contributed by atoms with Gasteiger partial charge in [0.05, 0.1) is 35.0 Å². The van der Waals surface area contributed by atoms with Crippen LogP contribution in [0.3, 0.4) is 0 Å². The van der Waals surface area contributed by atoms with Crippen LogP contribution in [0.5, 0.6) is 0 Å². The fraction of sp³-hybridized carbons (Fsp3) is 0.765. The molecule has 3 heterocycles. The maximum atomic E-state index is 12.3. The van der Waals surface area contributed by atoms with Gasteiger partial charge in [0.15, 0.2) is 14.5 Å². The van der Waals surface area contributed by atoms with Crippen molar-refractivity contribution in [1.82, 2.24) is 9.55 Å². The van der Waals surface area contributed by atoms with Gasteiger partial charge in [-0.3, -0.25) is 14.3 Å². The van der Waals surface area contributed by atoms with Crippen molar-refractivity contribution in [2.45, 2.75) is 63.4 Å². The van der Waals surface area contributed by atoms with E-state index in [2.05, 4.69) is 38.8 Å². The minimum Gasteiger partial charge on any atom is -0.408 e. The number of hydrogen-bond acceptors (Lipinski definition) is 9. The number of aliphatic hydroxyl groups is 1. The van der Waals surface area contributed by atoms with E-state index in [1.165, 1.54) is 16.8 Å².